The van der Waals surface area contributed by atoms with Crippen LogP contribution in [0.1, 0.15) is 31.9 Å². The van der Waals surface area contributed by atoms with Gasteiger partial charge in [-0.05, 0) is 23.1 Å². The zero-order valence-corrected chi connectivity index (χ0v) is 17.0. The van der Waals surface area contributed by atoms with Crippen molar-refractivity contribution in [3.05, 3.63) is 48.0 Å². The summed E-state index contributed by atoms with van der Waals surface area (Å²) in [5, 5.41) is 24.5. The van der Waals surface area contributed by atoms with E-state index < -0.39 is 5.60 Å². The standard InChI is InChI=1S/C21H30N6O/c1-20(2,3)21(28,15-27-17-23-16-24-27)14-26-10-8-25(9-11-26)13-19-6-4-18(12-22)5-7-19/h4-7,16-17,28H,8-11,13-15H2,1-3H3. The van der Waals surface area contributed by atoms with E-state index in [4.69, 9.17) is 5.26 Å². The number of aliphatic hydroxyl groups is 1. The second kappa shape index (κ2) is 8.39. The SMILES string of the molecule is CC(C)(C)C(O)(CN1CCN(Cc2ccc(C#N)cc2)CC1)Cn1cncn1. The van der Waals surface area contributed by atoms with E-state index in [1.54, 1.807) is 11.0 Å². The van der Waals surface area contributed by atoms with Crippen molar-refractivity contribution in [1.82, 2.24) is 24.6 Å². The van der Waals surface area contributed by atoms with Gasteiger partial charge in [-0.1, -0.05) is 32.9 Å². The Labute approximate surface area is 167 Å². The molecule has 3 rings (SSSR count). The smallest absolute Gasteiger partial charge is 0.137 e. The number of nitriles is 1. The summed E-state index contributed by atoms with van der Waals surface area (Å²) >= 11 is 0. The van der Waals surface area contributed by atoms with Crippen LogP contribution in [0.5, 0.6) is 0 Å². The average Bonchev–Trinajstić information content (AvgIpc) is 3.16. The summed E-state index contributed by atoms with van der Waals surface area (Å²) in [6.45, 7) is 11.9. The number of hydrogen-bond acceptors (Lipinski definition) is 6. The van der Waals surface area contributed by atoms with Gasteiger partial charge in [-0.2, -0.15) is 10.4 Å². The molecule has 0 radical (unpaired) electrons. The summed E-state index contributed by atoms with van der Waals surface area (Å²) in [5.74, 6) is 0. The summed E-state index contributed by atoms with van der Waals surface area (Å²) in [4.78, 5) is 8.77. The highest BCUT2D eigenvalue weighted by atomic mass is 16.3. The molecule has 1 aromatic heterocycles. The Kier molecular flexibility index (Phi) is 6.14. The second-order valence-electron chi connectivity index (χ2n) is 8.74. The Hall–Kier alpha value is -2.27. The number of benzene rings is 1. The monoisotopic (exact) mass is 382 g/mol. The van der Waals surface area contributed by atoms with Crippen molar-refractivity contribution < 1.29 is 5.11 Å². The molecule has 1 N–H and O–H groups in total. The predicted octanol–water partition coefficient (Wildman–Crippen LogP) is 1.74. The third-order valence-electron chi connectivity index (χ3n) is 5.73. The van der Waals surface area contributed by atoms with E-state index in [9.17, 15) is 5.11 Å². The van der Waals surface area contributed by atoms with Crippen molar-refractivity contribution in [2.45, 2.75) is 39.5 Å². The van der Waals surface area contributed by atoms with E-state index in [-0.39, 0.29) is 5.41 Å². The van der Waals surface area contributed by atoms with E-state index >= 15 is 0 Å². The molecule has 0 bridgehead atoms. The Morgan fingerprint density at radius 3 is 2.21 bits per heavy atom. The number of rotatable bonds is 6. The first kappa shape index (κ1) is 20.5. The van der Waals surface area contributed by atoms with E-state index in [2.05, 4.69) is 46.7 Å². The van der Waals surface area contributed by atoms with Crippen molar-refractivity contribution in [1.29, 1.82) is 5.26 Å². The van der Waals surface area contributed by atoms with Gasteiger partial charge in [0.1, 0.15) is 18.3 Å². The molecule has 7 nitrogen and oxygen atoms in total. The molecule has 28 heavy (non-hydrogen) atoms. The lowest BCUT2D eigenvalue weighted by Gasteiger charge is -2.45. The van der Waals surface area contributed by atoms with Crippen LogP contribution in [-0.2, 0) is 13.1 Å². The number of nitrogens with zero attached hydrogens (tertiary/aromatic N) is 6. The molecule has 1 aromatic carbocycles. The molecule has 150 valence electrons. The maximum atomic E-state index is 11.5. The number of aromatic nitrogens is 3. The highest BCUT2D eigenvalue weighted by Crippen LogP contribution is 2.33. The molecule has 2 heterocycles. The van der Waals surface area contributed by atoms with Gasteiger partial charge in [0, 0.05) is 39.3 Å². The fraction of sp³-hybridized carbons (Fsp3) is 0.571. The van der Waals surface area contributed by atoms with Gasteiger partial charge >= 0.3 is 0 Å². The molecule has 1 aliphatic heterocycles. The molecular formula is C21H30N6O. The summed E-state index contributed by atoms with van der Waals surface area (Å²) in [6, 6.07) is 9.97. The molecule has 1 fully saturated rings. The number of β-amino-alcohol motifs (C(OH)–C–C–N with tert-alkyl or cyclic N) is 1. The van der Waals surface area contributed by atoms with Gasteiger partial charge in [0.05, 0.1) is 18.2 Å². The Morgan fingerprint density at radius 2 is 1.68 bits per heavy atom. The van der Waals surface area contributed by atoms with Crippen LogP contribution >= 0.6 is 0 Å². The summed E-state index contributed by atoms with van der Waals surface area (Å²) in [5.41, 5.74) is 0.751. The topological polar surface area (TPSA) is 81.2 Å². The van der Waals surface area contributed by atoms with Gasteiger partial charge in [-0.15, -0.1) is 0 Å². The Bertz CT molecular complexity index is 782. The number of hydrogen-bond donors (Lipinski definition) is 1. The average molecular weight is 383 g/mol. The lowest BCUT2D eigenvalue weighted by Crippen LogP contribution is -2.58. The largest absolute Gasteiger partial charge is 0.386 e. The minimum atomic E-state index is -0.893. The fourth-order valence-electron chi connectivity index (χ4n) is 3.53. The minimum Gasteiger partial charge on any atom is -0.386 e. The first-order valence-electron chi connectivity index (χ1n) is 9.78. The van der Waals surface area contributed by atoms with Crippen molar-refractivity contribution in [3.8, 4) is 6.07 Å². The molecule has 0 spiro atoms. The third kappa shape index (κ3) is 4.96. The van der Waals surface area contributed by atoms with E-state index in [0.717, 1.165) is 32.7 Å². The second-order valence-corrected chi connectivity index (χ2v) is 8.74. The molecule has 2 aromatic rings. The molecule has 0 amide bonds. The van der Waals surface area contributed by atoms with Crippen LogP contribution in [0.2, 0.25) is 0 Å². The van der Waals surface area contributed by atoms with Crippen molar-refractivity contribution in [2.24, 2.45) is 5.41 Å². The van der Waals surface area contributed by atoms with Crippen molar-refractivity contribution in [3.63, 3.8) is 0 Å². The molecular weight excluding hydrogens is 352 g/mol. The fourth-order valence-corrected chi connectivity index (χ4v) is 3.53. The molecule has 0 aliphatic carbocycles. The van der Waals surface area contributed by atoms with E-state index in [1.807, 2.05) is 24.3 Å². The summed E-state index contributed by atoms with van der Waals surface area (Å²) in [6.07, 6.45) is 3.16. The van der Waals surface area contributed by atoms with Gasteiger partial charge < -0.3 is 5.11 Å². The first-order chi connectivity index (χ1) is 13.3. The molecule has 7 heteroatoms. The maximum absolute atomic E-state index is 11.5. The van der Waals surface area contributed by atoms with E-state index in [0.29, 0.717) is 18.7 Å². The van der Waals surface area contributed by atoms with Crippen LogP contribution in [0.15, 0.2) is 36.9 Å². The molecule has 1 unspecified atom stereocenters. The molecule has 1 aliphatic rings. The van der Waals surface area contributed by atoms with Crippen LogP contribution in [0.4, 0.5) is 0 Å². The molecule has 1 atom stereocenters. The minimum absolute atomic E-state index is 0.279. The summed E-state index contributed by atoms with van der Waals surface area (Å²) < 4.78 is 1.71. The normalized spacial score (nSPS) is 18.5. The van der Waals surface area contributed by atoms with Crippen molar-refractivity contribution >= 4 is 0 Å². The maximum Gasteiger partial charge on any atom is 0.137 e. The van der Waals surface area contributed by atoms with Crippen molar-refractivity contribution in [2.75, 3.05) is 32.7 Å². The van der Waals surface area contributed by atoms with Crippen LogP contribution in [0.3, 0.4) is 0 Å². The van der Waals surface area contributed by atoms with Gasteiger partial charge in [0.2, 0.25) is 0 Å². The first-order valence-corrected chi connectivity index (χ1v) is 9.78. The van der Waals surface area contributed by atoms with Gasteiger partial charge in [0.25, 0.3) is 0 Å². The zero-order chi connectivity index (χ0) is 20.2. The van der Waals surface area contributed by atoms with Crippen LogP contribution in [-0.4, -0.2) is 68.0 Å². The lowest BCUT2D eigenvalue weighted by molar-refractivity contribution is -0.0990. The van der Waals surface area contributed by atoms with Crippen LogP contribution in [0, 0.1) is 16.7 Å². The van der Waals surface area contributed by atoms with E-state index in [1.165, 1.54) is 11.9 Å². The van der Waals surface area contributed by atoms with Gasteiger partial charge in [-0.3, -0.25) is 14.5 Å². The Morgan fingerprint density at radius 1 is 1.04 bits per heavy atom. The lowest BCUT2D eigenvalue weighted by atomic mass is 9.76. The van der Waals surface area contributed by atoms with Crippen LogP contribution in [0.25, 0.3) is 0 Å². The molecule has 0 saturated carbocycles. The van der Waals surface area contributed by atoms with Gasteiger partial charge in [0.15, 0.2) is 0 Å². The number of piperazine rings is 1. The zero-order valence-electron chi connectivity index (χ0n) is 17.0. The Balaban J connectivity index is 1.56. The highest BCUT2D eigenvalue weighted by Gasteiger charge is 2.42. The quantitative estimate of drug-likeness (QED) is 0.820. The predicted molar refractivity (Wildman–Crippen MR) is 107 cm³/mol. The van der Waals surface area contributed by atoms with Gasteiger partial charge in [-0.25, -0.2) is 4.98 Å². The third-order valence-corrected chi connectivity index (χ3v) is 5.73. The van der Waals surface area contributed by atoms with Crippen LogP contribution < -0.4 is 0 Å². The molecule has 1 saturated heterocycles. The summed E-state index contributed by atoms with van der Waals surface area (Å²) in [7, 11) is 0. The highest BCUT2D eigenvalue weighted by molar-refractivity contribution is 5.31.